The van der Waals surface area contributed by atoms with Crippen LogP contribution in [0.2, 0.25) is 0 Å². The zero-order valence-corrected chi connectivity index (χ0v) is 35.1. The Kier molecular flexibility index (Phi) is 9.03. The molecule has 1 aliphatic heterocycles. The van der Waals surface area contributed by atoms with Gasteiger partial charge >= 0.3 is 0 Å². The van der Waals surface area contributed by atoms with Crippen molar-refractivity contribution in [3.63, 3.8) is 0 Å². The van der Waals surface area contributed by atoms with Gasteiger partial charge in [0, 0.05) is 48.9 Å². The Hall–Kier alpha value is -7.69. The van der Waals surface area contributed by atoms with Gasteiger partial charge in [0.25, 0.3) is 0 Å². The summed E-state index contributed by atoms with van der Waals surface area (Å²) in [5, 5.41) is 7.65. The van der Waals surface area contributed by atoms with Crippen LogP contribution in [0.5, 0.6) is 0 Å². The van der Waals surface area contributed by atoms with Gasteiger partial charge in [0.1, 0.15) is 5.84 Å². The monoisotopic (exact) mass is 808 g/mol. The largest absolute Gasteiger partial charge is 0.351 e. The summed E-state index contributed by atoms with van der Waals surface area (Å²) in [5.74, 6) is 1.01. The lowest BCUT2D eigenvalue weighted by Gasteiger charge is -2.44. The molecule has 0 bridgehead atoms. The molecule has 7 aromatic carbocycles. The Balaban J connectivity index is 1.13. The van der Waals surface area contributed by atoms with Crippen LogP contribution in [0.3, 0.4) is 0 Å². The molecular formula is C59H44N4. The molecule has 0 amide bonds. The third-order valence-electron chi connectivity index (χ3n) is 13.6. The van der Waals surface area contributed by atoms with E-state index in [0.29, 0.717) is 0 Å². The number of benzene rings is 7. The van der Waals surface area contributed by atoms with Crippen LogP contribution in [-0.2, 0) is 6.42 Å². The van der Waals surface area contributed by atoms with Crippen LogP contribution < -0.4 is 0 Å². The summed E-state index contributed by atoms with van der Waals surface area (Å²) in [6.45, 7) is 0. The van der Waals surface area contributed by atoms with E-state index in [0.717, 1.165) is 58.6 Å². The van der Waals surface area contributed by atoms with Gasteiger partial charge in [0.05, 0.1) is 11.7 Å². The summed E-state index contributed by atoms with van der Waals surface area (Å²) >= 11 is 0. The predicted molar refractivity (Wildman–Crippen MR) is 262 cm³/mol. The first kappa shape index (κ1) is 37.1. The highest BCUT2D eigenvalue weighted by Gasteiger charge is 2.41. The fourth-order valence-corrected chi connectivity index (χ4v) is 10.6. The van der Waals surface area contributed by atoms with Crippen LogP contribution in [0.15, 0.2) is 205 Å². The summed E-state index contributed by atoms with van der Waals surface area (Å²) in [6, 6.07) is 57.9. The Morgan fingerprint density at radius 2 is 1.16 bits per heavy atom. The van der Waals surface area contributed by atoms with E-state index < -0.39 is 0 Å². The minimum Gasteiger partial charge on any atom is -0.351 e. The van der Waals surface area contributed by atoms with Crippen LogP contribution in [0, 0.1) is 5.92 Å². The Labute approximate surface area is 368 Å². The minimum absolute atomic E-state index is 0.00862. The molecule has 63 heavy (non-hydrogen) atoms. The molecule has 12 rings (SSSR count). The quantitative estimate of drug-likeness (QED) is 0.157. The predicted octanol–water partition coefficient (Wildman–Crippen LogP) is 14.2. The van der Waals surface area contributed by atoms with E-state index in [9.17, 15) is 0 Å². The van der Waals surface area contributed by atoms with Crippen LogP contribution in [0.4, 0.5) is 0 Å². The van der Waals surface area contributed by atoms with Crippen molar-refractivity contribution in [2.45, 2.75) is 25.3 Å². The number of fused-ring (bicyclic) bond motifs is 7. The Morgan fingerprint density at radius 1 is 0.556 bits per heavy atom. The number of hydrogen-bond acceptors (Lipinski definition) is 4. The minimum atomic E-state index is -0.00862. The number of amidine groups is 1. The first-order valence-electron chi connectivity index (χ1n) is 22.1. The molecule has 4 nitrogen and oxygen atoms in total. The van der Waals surface area contributed by atoms with Crippen molar-refractivity contribution in [1.29, 1.82) is 0 Å². The van der Waals surface area contributed by atoms with Crippen molar-refractivity contribution < 1.29 is 0 Å². The molecule has 9 aromatic rings. The van der Waals surface area contributed by atoms with Crippen LogP contribution >= 0.6 is 0 Å². The van der Waals surface area contributed by atoms with Crippen molar-refractivity contribution in [3.8, 4) is 22.3 Å². The van der Waals surface area contributed by atoms with Crippen molar-refractivity contribution in [3.05, 3.63) is 234 Å². The number of hydrogen-bond donors (Lipinski definition) is 0. The lowest BCUT2D eigenvalue weighted by atomic mass is 9.73. The van der Waals surface area contributed by atoms with Gasteiger partial charge in [0.2, 0.25) is 0 Å². The second kappa shape index (κ2) is 15.3. The topological polar surface area (TPSA) is 41.4 Å². The zero-order chi connectivity index (χ0) is 41.9. The molecular weight excluding hydrogens is 765 g/mol. The number of aliphatic imine (C=N–C) groups is 1. The molecule has 2 atom stereocenters. The average Bonchev–Trinajstić information content (AvgIpc) is 3.36. The average molecular weight is 809 g/mol. The number of rotatable bonds is 6. The normalized spacial score (nSPS) is 17.1. The van der Waals surface area contributed by atoms with Crippen molar-refractivity contribution in [1.82, 2.24) is 14.9 Å². The maximum atomic E-state index is 5.85. The standard InChI is InChI=1S/C59H44N4/c1-63-58(40-26-22-38(23-27-40)44-14-10-30-60-36-44)56-35-46(53-32-42-12-2-4-16-47(42)49-18-6-8-20-51(49)53)34-55(54-33-43-13-3-5-17-48(43)50-19-7-9-21-52(50)54)57(56)62-59(63)41-28-24-39(25-29-41)45-15-11-31-61-37-45/h2-5,7-17,19-34,36-37,56,58H,6,18,35H2,1H3. The van der Waals surface area contributed by atoms with E-state index in [1.165, 1.54) is 71.3 Å². The molecule has 0 saturated heterocycles. The fourth-order valence-electron chi connectivity index (χ4n) is 10.6. The molecule has 2 aliphatic carbocycles. The number of aromatic nitrogens is 2. The molecule has 300 valence electrons. The molecule has 2 aromatic heterocycles. The summed E-state index contributed by atoms with van der Waals surface area (Å²) in [5.41, 5.74) is 15.9. The fraction of sp³-hybridized carbons (Fsp3) is 0.102. The third-order valence-corrected chi connectivity index (χ3v) is 13.6. The van der Waals surface area contributed by atoms with E-state index in [1.54, 1.807) is 0 Å². The van der Waals surface area contributed by atoms with Crippen molar-refractivity contribution in [2.75, 3.05) is 7.05 Å². The third kappa shape index (κ3) is 6.41. The van der Waals surface area contributed by atoms with Crippen LogP contribution in [0.25, 0.3) is 71.8 Å². The number of pyridine rings is 2. The second-order valence-corrected chi connectivity index (χ2v) is 17.1. The highest BCUT2D eigenvalue weighted by Crippen LogP contribution is 2.52. The maximum Gasteiger partial charge on any atom is 0.136 e. The first-order chi connectivity index (χ1) is 31.2. The van der Waals surface area contributed by atoms with Crippen molar-refractivity contribution in [2.24, 2.45) is 10.9 Å². The smallest absolute Gasteiger partial charge is 0.136 e. The molecule has 3 heterocycles. The highest BCUT2D eigenvalue weighted by atomic mass is 15.2. The van der Waals surface area contributed by atoms with Gasteiger partial charge in [-0.25, -0.2) is 4.99 Å². The summed E-state index contributed by atoms with van der Waals surface area (Å²) in [6.07, 6.45) is 17.7. The molecule has 0 radical (unpaired) electrons. The lowest BCUT2D eigenvalue weighted by Crippen LogP contribution is -2.41. The SMILES string of the molecule is CN1C(c2ccc(-c3cccnc3)cc2)=NC2=C(c3cc4ccccc4c4ccccc34)C=C(c3cc4ccccc4c4c3C=CCC4)CC2C1c1ccc(-c2cccnc2)cc1. The lowest BCUT2D eigenvalue weighted by molar-refractivity contribution is 0.276. The number of allylic oxidation sites excluding steroid dienone is 4. The van der Waals surface area contributed by atoms with Crippen LogP contribution in [0.1, 0.15) is 52.3 Å². The first-order valence-corrected chi connectivity index (χ1v) is 22.1. The molecule has 3 aliphatic rings. The van der Waals surface area contributed by atoms with Crippen LogP contribution in [-0.4, -0.2) is 27.8 Å². The van der Waals surface area contributed by atoms with Gasteiger partial charge in [-0.1, -0.05) is 146 Å². The van der Waals surface area contributed by atoms with Gasteiger partial charge in [-0.3, -0.25) is 9.97 Å². The molecule has 2 unspecified atom stereocenters. The molecule has 0 N–H and O–H groups in total. The number of aryl methyl sites for hydroxylation is 1. The van der Waals surface area contributed by atoms with E-state index in [-0.39, 0.29) is 12.0 Å². The summed E-state index contributed by atoms with van der Waals surface area (Å²) < 4.78 is 0. The van der Waals surface area contributed by atoms with Gasteiger partial charge in [-0.15, -0.1) is 0 Å². The Morgan fingerprint density at radius 3 is 1.86 bits per heavy atom. The second-order valence-electron chi connectivity index (χ2n) is 17.1. The Bertz CT molecular complexity index is 3360. The van der Waals surface area contributed by atoms with E-state index >= 15 is 0 Å². The maximum absolute atomic E-state index is 5.85. The van der Waals surface area contributed by atoms with Crippen molar-refractivity contribution >= 4 is 55.4 Å². The zero-order valence-electron chi connectivity index (χ0n) is 35.1. The van der Waals surface area contributed by atoms with E-state index in [2.05, 4.69) is 186 Å². The molecule has 0 spiro atoms. The molecule has 0 saturated carbocycles. The van der Waals surface area contributed by atoms with Gasteiger partial charge in [-0.2, -0.15) is 0 Å². The van der Waals surface area contributed by atoms with Gasteiger partial charge in [-0.05, 0) is 138 Å². The molecule has 0 fully saturated rings. The molecule has 4 heteroatoms. The summed E-state index contributed by atoms with van der Waals surface area (Å²) in [4.78, 5) is 17.1. The summed E-state index contributed by atoms with van der Waals surface area (Å²) in [7, 11) is 2.24. The van der Waals surface area contributed by atoms with Gasteiger partial charge < -0.3 is 4.90 Å². The van der Waals surface area contributed by atoms with Gasteiger partial charge in [0.15, 0.2) is 0 Å². The highest BCUT2D eigenvalue weighted by molar-refractivity contribution is 6.14. The van der Waals surface area contributed by atoms with E-state index in [1.807, 2.05) is 36.9 Å². The number of nitrogens with zero attached hydrogens (tertiary/aromatic N) is 4. The van der Waals surface area contributed by atoms with E-state index in [4.69, 9.17) is 4.99 Å².